The zero-order chi connectivity index (χ0) is 13.7. The van der Waals surface area contributed by atoms with Crippen molar-refractivity contribution in [3.8, 4) is 5.75 Å². The van der Waals surface area contributed by atoms with Gasteiger partial charge in [-0.3, -0.25) is 0 Å². The molecule has 2 rings (SSSR count). The van der Waals surface area contributed by atoms with Gasteiger partial charge in [-0.1, -0.05) is 12.1 Å². The van der Waals surface area contributed by atoms with Gasteiger partial charge in [0.25, 0.3) is 0 Å². The number of piperidine rings is 1. The maximum atomic E-state index is 5.36. The molecule has 104 valence electrons. The van der Waals surface area contributed by atoms with Crippen molar-refractivity contribution in [2.45, 2.75) is 18.9 Å². The Bertz CT molecular complexity index is 430. The first kappa shape index (κ1) is 14.1. The highest BCUT2D eigenvalue weighted by Crippen LogP contribution is 2.22. The minimum absolute atomic E-state index is 0.464. The fourth-order valence-corrected chi connectivity index (χ4v) is 2.52. The molecule has 0 aromatic heterocycles. The third-order valence-corrected chi connectivity index (χ3v) is 3.63. The summed E-state index contributed by atoms with van der Waals surface area (Å²) < 4.78 is 5.29. The molecule has 0 amide bonds. The van der Waals surface area contributed by atoms with Crippen LogP contribution in [-0.4, -0.2) is 43.3 Å². The number of benzene rings is 1. The van der Waals surface area contributed by atoms with Crippen molar-refractivity contribution in [2.24, 2.45) is 0 Å². The Morgan fingerprint density at radius 2 is 2.00 bits per heavy atom. The predicted molar refractivity (Wildman–Crippen MR) is 82.9 cm³/mol. The summed E-state index contributed by atoms with van der Waals surface area (Å²) in [4.78, 5) is 2.34. The Hall–Kier alpha value is -1.33. The molecule has 0 atom stereocenters. The van der Waals surface area contributed by atoms with Crippen LogP contribution >= 0.6 is 12.2 Å². The molecule has 0 saturated carbocycles. The Morgan fingerprint density at radius 1 is 1.32 bits per heavy atom. The number of likely N-dealkylation sites (tertiary alicyclic amines) is 1. The van der Waals surface area contributed by atoms with E-state index in [2.05, 4.69) is 22.6 Å². The third-order valence-electron chi connectivity index (χ3n) is 3.41. The highest BCUT2D eigenvalue weighted by atomic mass is 32.1. The summed E-state index contributed by atoms with van der Waals surface area (Å²) in [7, 11) is 3.82. The van der Waals surface area contributed by atoms with Crippen LogP contribution in [0.25, 0.3) is 0 Å². The fraction of sp³-hybridized carbons (Fsp3) is 0.500. The summed E-state index contributed by atoms with van der Waals surface area (Å²) >= 11 is 5.36. The minimum Gasteiger partial charge on any atom is -0.495 e. The standard InChI is InChI=1S/C14H21N3OS/c1-17-9-7-11(8-10-17)15-14(19)16-12-5-3-4-6-13(12)18-2/h3-6,11H,7-10H2,1-2H3,(H2,15,16,19). The second-order valence-corrected chi connectivity index (χ2v) is 5.28. The molecule has 1 heterocycles. The van der Waals surface area contributed by atoms with E-state index in [0.717, 1.165) is 37.4 Å². The SMILES string of the molecule is COc1ccccc1NC(=S)NC1CCN(C)CC1. The average molecular weight is 279 g/mol. The van der Waals surface area contributed by atoms with Gasteiger partial charge in [0.05, 0.1) is 12.8 Å². The molecule has 0 spiro atoms. The number of para-hydroxylation sites is 2. The molecule has 1 saturated heterocycles. The molecule has 1 aromatic carbocycles. The minimum atomic E-state index is 0.464. The second-order valence-electron chi connectivity index (χ2n) is 4.88. The molecule has 4 nitrogen and oxygen atoms in total. The van der Waals surface area contributed by atoms with Crippen molar-refractivity contribution < 1.29 is 4.74 Å². The quantitative estimate of drug-likeness (QED) is 0.829. The van der Waals surface area contributed by atoms with Crippen molar-refractivity contribution in [1.82, 2.24) is 10.2 Å². The number of anilines is 1. The van der Waals surface area contributed by atoms with E-state index in [1.807, 2.05) is 24.3 Å². The molecule has 5 heteroatoms. The maximum absolute atomic E-state index is 5.36. The van der Waals surface area contributed by atoms with E-state index in [-0.39, 0.29) is 0 Å². The highest BCUT2D eigenvalue weighted by Gasteiger charge is 2.17. The van der Waals surface area contributed by atoms with Gasteiger partial charge in [0.2, 0.25) is 0 Å². The lowest BCUT2D eigenvalue weighted by Gasteiger charge is -2.30. The van der Waals surface area contributed by atoms with Gasteiger partial charge in [0.15, 0.2) is 5.11 Å². The van der Waals surface area contributed by atoms with Crippen LogP contribution in [0.15, 0.2) is 24.3 Å². The summed E-state index contributed by atoms with van der Waals surface area (Å²) in [6.45, 7) is 2.24. The molecule has 1 aliphatic rings. The molecule has 0 unspecified atom stereocenters. The molecule has 2 N–H and O–H groups in total. The van der Waals surface area contributed by atoms with Crippen LogP contribution in [0, 0.1) is 0 Å². The largest absolute Gasteiger partial charge is 0.495 e. The van der Waals surface area contributed by atoms with E-state index in [9.17, 15) is 0 Å². The first-order chi connectivity index (χ1) is 9.19. The summed E-state index contributed by atoms with van der Waals surface area (Å²) in [5.41, 5.74) is 0.899. The van der Waals surface area contributed by atoms with E-state index in [1.54, 1.807) is 7.11 Å². The van der Waals surface area contributed by atoms with E-state index in [4.69, 9.17) is 17.0 Å². The van der Waals surface area contributed by atoms with Gasteiger partial charge in [-0.25, -0.2) is 0 Å². The molecule has 0 bridgehead atoms. The zero-order valence-corrected chi connectivity index (χ0v) is 12.3. The molecule has 1 fully saturated rings. The van der Waals surface area contributed by atoms with Crippen LogP contribution < -0.4 is 15.4 Å². The van der Waals surface area contributed by atoms with Crippen molar-refractivity contribution in [1.29, 1.82) is 0 Å². The Labute approximate surface area is 120 Å². The van der Waals surface area contributed by atoms with E-state index < -0.39 is 0 Å². The van der Waals surface area contributed by atoms with Crippen molar-refractivity contribution >= 4 is 23.0 Å². The zero-order valence-electron chi connectivity index (χ0n) is 11.5. The van der Waals surface area contributed by atoms with Crippen LogP contribution in [-0.2, 0) is 0 Å². The average Bonchev–Trinajstić information content (AvgIpc) is 2.42. The van der Waals surface area contributed by atoms with E-state index in [1.165, 1.54) is 0 Å². The van der Waals surface area contributed by atoms with Gasteiger partial charge >= 0.3 is 0 Å². The number of hydrogen-bond acceptors (Lipinski definition) is 3. The lowest BCUT2D eigenvalue weighted by Crippen LogP contribution is -2.44. The number of hydrogen-bond donors (Lipinski definition) is 2. The highest BCUT2D eigenvalue weighted by molar-refractivity contribution is 7.80. The van der Waals surface area contributed by atoms with Gasteiger partial charge in [0, 0.05) is 6.04 Å². The Kier molecular flexibility index (Phi) is 4.99. The molecular weight excluding hydrogens is 258 g/mol. The Balaban J connectivity index is 1.87. The number of thiocarbonyl (C=S) groups is 1. The lowest BCUT2D eigenvalue weighted by atomic mass is 10.1. The van der Waals surface area contributed by atoms with Gasteiger partial charge in [-0.2, -0.15) is 0 Å². The van der Waals surface area contributed by atoms with Crippen molar-refractivity contribution in [3.63, 3.8) is 0 Å². The monoisotopic (exact) mass is 279 g/mol. The van der Waals surface area contributed by atoms with Crippen LogP contribution in [0.4, 0.5) is 5.69 Å². The van der Waals surface area contributed by atoms with E-state index >= 15 is 0 Å². The second kappa shape index (κ2) is 6.73. The van der Waals surface area contributed by atoms with E-state index in [0.29, 0.717) is 11.2 Å². The topological polar surface area (TPSA) is 36.5 Å². The smallest absolute Gasteiger partial charge is 0.171 e. The normalized spacial score (nSPS) is 16.9. The van der Waals surface area contributed by atoms with Crippen molar-refractivity contribution in [2.75, 3.05) is 32.6 Å². The molecule has 19 heavy (non-hydrogen) atoms. The number of rotatable bonds is 3. The fourth-order valence-electron chi connectivity index (χ4n) is 2.24. The van der Waals surface area contributed by atoms with Crippen LogP contribution in [0.2, 0.25) is 0 Å². The molecule has 0 radical (unpaired) electrons. The van der Waals surface area contributed by atoms with Crippen LogP contribution in [0.5, 0.6) is 5.75 Å². The van der Waals surface area contributed by atoms with Crippen LogP contribution in [0.3, 0.4) is 0 Å². The first-order valence-electron chi connectivity index (χ1n) is 6.58. The Morgan fingerprint density at radius 3 is 2.68 bits per heavy atom. The molecule has 1 aliphatic heterocycles. The van der Waals surface area contributed by atoms with Crippen LogP contribution in [0.1, 0.15) is 12.8 Å². The van der Waals surface area contributed by atoms with Gasteiger partial charge in [-0.15, -0.1) is 0 Å². The molecular formula is C14H21N3OS. The summed E-state index contributed by atoms with van der Waals surface area (Å²) in [5, 5.41) is 7.24. The number of nitrogens with zero attached hydrogens (tertiary/aromatic N) is 1. The number of methoxy groups -OCH3 is 1. The van der Waals surface area contributed by atoms with Gasteiger partial charge in [-0.05, 0) is 57.3 Å². The maximum Gasteiger partial charge on any atom is 0.171 e. The number of nitrogens with one attached hydrogen (secondary N) is 2. The summed E-state index contributed by atoms with van der Waals surface area (Å²) in [5.74, 6) is 0.801. The summed E-state index contributed by atoms with van der Waals surface area (Å²) in [6, 6.07) is 8.24. The predicted octanol–water partition coefficient (Wildman–Crippen LogP) is 2.08. The number of ether oxygens (including phenoxy) is 1. The lowest BCUT2D eigenvalue weighted by molar-refractivity contribution is 0.247. The third kappa shape index (κ3) is 4.08. The molecule has 1 aromatic rings. The van der Waals surface area contributed by atoms with Gasteiger partial charge in [0.1, 0.15) is 5.75 Å². The first-order valence-corrected chi connectivity index (χ1v) is 6.99. The molecule has 0 aliphatic carbocycles. The van der Waals surface area contributed by atoms with Gasteiger partial charge < -0.3 is 20.3 Å². The summed E-state index contributed by atoms with van der Waals surface area (Å²) in [6.07, 6.45) is 2.26. The van der Waals surface area contributed by atoms with Crippen molar-refractivity contribution in [3.05, 3.63) is 24.3 Å².